The summed E-state index contributed by atoms with van der Waals surface area (Å²) in [5.74, 6) is 0. The summed E-state index contributed by atoms with van der Waals surface area (Å²) in [6, 6.07) is 1.14. The number of hydrogen-bond donors (Lipinski definition) is 3. The molecule has 4 atom stereocenters. The molecule has 4 rings (SSSR count). The van der Waals surface area contributed by atoms with E-state index in [9.17, 15) is 0 Å². The van der Waals surface area contributed by atoms with Gasteiger partial charge in [-0.15, -0.1) is 0 Å². The molecule has 4 aliphatic heterocycles. The van der Waals surface area contributed by atoms with Crippen LogP contribution < -0.4 is 16.0 Å². The molecule has 2 bridgehead atoms. The SMILES string of the molecule is C1NC(C2CNCC3(COC3)O2)C2COCC1N2. The van der Waals surface area contributed by atoms with Crippen molar-refractivity contribution in [2.45, 2.75) is 29.8 Å². The van der Waals surface area contributed by atoms with E-state index in [-0.39, 0.29) is 11.7 Å². The van der Waals surface area contributed by atoms with Gasteiger partial charge in [0.15, 0.2) is 0 Å². The van der Waals surface area contributed by atoms with Crippen LogP contribution in [0.4, 0.5) is 0 Å². The lowest BCUT2D eigenvalue weighted by Crippen LogP contribution is -2.74. The van der Waals surface area contributed by atoms with Crippen LogP contribution in [0.3, 0.4) is 0 Å². The van der Waals surface area contributed by atoms with E-state index in [1.54, 1.807) is 0 Å². The van der Waals surface area contributed by atoms with Gasteiger partial charge in [-0.1, -0.05) is 0 Å². The van der Waals surface area contributed by atoms with Gasteiger partial charge in [0.2, 0.25) is 0 Å². The molecule has 0 radical (unpaired) electrons. The molecule has 4 heterocycles. The van der Waals surface area contributed by atoms with Crippen LogP contribution >= 0.6 is 0 Å². The third-order valence-corrected chi connectivity index (χ3v) is 4.42. The van der Waals surface area contributed by atoms with Crippen molar-refractivity contribution in [3.8, 4) is 0 Å². The van der Waals surface area contributed by atoms with Gasteiger partial charge in [0.1, 0.15) is 5.60 Å². The molecule has 18 heavy (non-hydrogen) atoms. The molecule has 1 spiro atoms. The van der Waals surface area contributed by atoms with E-state index in [0.717, 1.165) is 46.1 Å². The highest BCUT2D eigenvalue weighted by molar-refractivity contribution is 5.03. The number of rotatable bonds is 1. The first-order valence-corrected chi connectivity index (χ1v) is 6.88. The number of fused-ring (bicyclic) bond motifs is 2. The van der Waals surface area contributed by atoms with Crippen LogP contribution in [-0.4, -0.2) is 75.9 Å². The number of ether oxygens (including phenoxy) is 3. The Morgan fingerprint density at radius 3 is 2.83 bits per heavy atom. The molecule has 0 aromatic rings. The van der Waals surface area contributed by atoms with Gasteiger partial charge in [0, 0.05) is 31.7 Å². The first-order chi connectivity index (χ1) is 8.85. The third-order valence-electron chi connectivity index (χ3n) is 4.42. The van der Waals surface area contributed by atoms with E-state index in [1.165, 1.54) is 0 Å². The summed E-state index contributed by atoms with van der Waals surface area (Å²) in [6.45, 7) is 5.82. The lowest BCUT2D eigenvalue weighted by atomic mass is 9.92. The van der Waals surface area contributed by atoms with E-state index < -0.39 is 0 Å². The maximum Gasteiger partial charge on any atom is 0.127 e. The van der Waals surface area contributed by atoms with Crippen LogP contribution in [-0.2, 0) is 14.2 Å². The van der Waals surface area contributed by atoms with Crippen molar-refractivity contribution in [3.63, 3.8) is 0 Å². The Balaban J connectivity index is 1.45. The molecule has 3 N–H and O–H groups in total. The van der Waals surface area contributed by atoms with Gasteiger partial charge in [0.05, 0.1) is 38.6 Å². The highest BCUT2D eigenvalue weighted by Gasteiger charge is 2.48. The zero-order valence-corrected chi connectivity index (χ0v) is 10.5. The van der Waals surface area contributed by atoms with Crippen molar-refractivity contribution in [1.82, 2.24) is 16.0 Å². The van der Waals surface area contributed by atoms with E-state index in [2.05, 4.69) is 16.0 Å². The Morgan fingerprint density at radius 1 is 1.06 bits per heavy atom. The van der Waals surface area contributed by atoms with Crippen molar-refractivity contribution < 1.29 is 14.2 Å². The van der Waals surface area contributed by atoms with Crippen LogP contribution in [0.5, 0.6) is 0 Å². The van der Waals surface area contributed by atoms with E-state index in [1.807, 2.05) is 0 Å². The average molecular weight is 255 g/mol. The molecule has 6 heteroatoms. The van der Waals surface area contributed by atoms with Gasteiger partial charge in [0.25, 0.3) is 0 Å². The first kappa shape index (κ1) is 11.6. The Labute approximate surface area is 107 Å². The highest BCUT2D eigenvalue weighted by atomic mass is 16.6. The fourth-order valence-corrected chi connectivity index (χ4v) is 3.42. The van der Waals surface area contributed by atoms with Gasteiger partial charge in [-0.05, 0) is 0 Å². The molecule has 0 aromatic carbocycles. The standard InChI is InChI=1S/C12H21N3O3/c1-8-3-16-4-9(15-8)11(14-1)10-2-13-5-12(18-10)6-17-7-12/h8-11,13-15H,1-7H2. The minimum atomic E-state index is -0.0725. The maximum atomic E-state index is 6.30. The lowest BCUT2D eigenvalue weighted by Gasteiger charge is -2.52. The van der Waals surface area contributed by atoms with Crippen LogP contribution in [0.25, 0.3) is 0 Å². The quantitative estimate of drug-likeness (QED) is 0.507. The smallest absolute Gasteiger partial charge is 0.127 e. The lowest BCUT2D eigenvalue weighted by molar-refractivity contribution is -0.248. The normalized spacial score (nSPS) is 46.7. The molecule has 0 aliphatic carbocycles. The van der Waals surface area contributed by atoms with E-state index in [4.69, 9.17) is 14.2 Å². The highest BCUT2D eigenvalue weighted by Crippen LogP contribution is 2.28. The summed E-state index contributed by atoms with van der Waals surface area (Å²) < 4.78 is 17.2. The van der Waals surface area contributed by atoms with Gasteiger partial charge in [-0.2, -0.15) is 0 Å². The van der Waals surface area contributed by atoms with Crippen LogP contribution in [0.15, 0.2) is 0 Å². The summed E-state index contributed by atoms with van der Waals surface area (Å²) >= 11 is 0. The monoisotopic (exact) mass is 255 g/mol. The molecule has 0 amide bonds. The van der Waals surface area contributed by atoms with Crippen molar-refractivity contribution in [1.29, 1.82) is 0 Å². The molecule has 4 unspecified atom stereocenters. The largest absolute Gasteiger partial charge is 0.378 e. The average Bonchev–Trinajstić information content (AvgIpc) is 2.38. The minimum absolute atomic E-state index is 0.0725. The Kier molecular flexibility index (Phi) is 2.83. The molecule has 4 aliphatic rings. The number of nitrogens with one attached hydrogen (secondary N) is 3. The van der Waals surface area contributed by atoms with Crippen molar-refractivity contribution in [3.05, 3.63) is 0 Å². The zero-order chi connectivity index (χ0) is 12.0. The third kappa shape index (κ3) is 1.88. The predicted molar refractivity (Wildman–Crippen MR) is 64.6 cm³/mol. The topological polar surface area (TPSA) is 63.8 Å². The van der Waals surface area contributed by atoms with Gasteiger partial charge < -0.3 is 30.2 Å². The van der Waals surface area contributed by atoms with Crippen molar-refractivity contribution in [2.24, 2.45) is 0 Å². The summed E-state index contributed by atoms with van der Waals surface area (Å²) in [6.07, 6.45) is 0.197. The molecule has 0 aromatic heterocycles. The van der Waals surface area contributed by atoms with Gasteiger partial charge in [-0.25, -0.2) is 0 Å². The summed E-state index contributed by atoms with van der Waals surface area (Å²) in [4.78, 5) is 0. The molecular weight excluding hydrogens is 234 g/mol. The first-order valence-electron chi connectivity index (χ1n) is 6.88. The minimum Gasteiger partial charge on any atom is -0.378 e. The Morgan fingerprint density at radius 2 is 2.00 bits per heavy atom. The molecule has 6 nitrogen and oxygen atoms in total. The molecular formula is C12H21N3O3. The maximum absolute atomic E-state index is 6.30. The molecule has 4 fully saturated rings. The van der Waals surface area contributed by atoms with Gasteiger partial charge >= 0.3 is 0 Å². The van der Waals surface area contributed by atoms with Crippen LogP contribution in [0.1, 0.15) is 0 Å². The fourth-order valence-electron chi connectivity index (χ4n) is 3.42. The van der Waals surface area contributed by atoms with E-state index >= 15 is 0 Å². The van der Waals surface area contributed by atoms with Crippen LogP contribution in [0.2, 0.25) is 0 Å². The summed E-state index contributed by atoms with van der Waals surface area (Å²) in [7, 11) is 0. The molecule has 4 saturated heterocycles. The van der Waals surface area contributed by atoms with Crippen LogP contribution in [0, 0.1) is 0 Å². The zero-order valence-electron chi connectivity index (χ0n) is 10.5. The number of morpholine rings is 2. The summed E-state index contributed by atoms with van der Waals surface area (Å²) in [5.41, 5.74) is -0.0725. The van der Waals surface area contributed by atoms with E-state index in [0.29, 0.717) is 18.1 Å². The van der Waals surface area contributed by atoms with Crippen molar-refractivity contribution in [2.75, 3.05) is 46.1 Å². The Hall–Kier alpha value is -0.240. The summed E-state index contributed by atoms with van der Waals surface area (Å²) in [5, 5.41) is 10.8. The molecule has 0 saturated carbocycles. The second-order valence-corrected chi connectivity index (χ2v) is 5.90. The number of piperazine rings is 1. The molecule has 102 valence electrons. The number of hydrogen-bond acceptors (Lipinski definition) is 6. The van der Waals surface area contributed by atoms with Gasteiger partial charge in [-0.3, -0.25) is 0 Å². The van der Waals surface area contributed by atoms with Crippen molar-refractivity contribution >= 4 is 0 Å². The Bertz CT molecular complexity index is 324. The predicted octanol–water partition coefficient (Wildman–Crippen LogP) is -1.93. The fraction of sp³-hybridized carbons (Fsp3) is 1.00. The second kappa shape index (κ2) is 4.40. The second-order valence-electron chi connectivity index (χ2n) is 5.90.